The van der Waals surface area contributed by atoms with E-state index in [4.69, 9.17) is 31.8 Å². The first-order valence-corrected chi connectivity index (χ1v) is 23.3. The van der Waals surface area contributed by atoms with Crippen LogP contribution in [0, 0.1) is 24.7 Å². The number of hydrogen-bond donors (Lipinski definition) is 2. The average Bonchev–Trinajstić information content (AvgIpc) is 3.23. The number of amides is 2. The number of carbonyl (C=O) groups excluding carboxylic acids is 6. The van der Waals surface area contributed by atoms with Gasteiger partial charge in [0.05, 0.1) is 13.2 Å². The summed E-state index contributed by atoms with van der Waals surface area (Å²) in [5.41, 5.74) is 0. The van der Waals surface area contributed by atoms with Crippen LogP contribution in [0.15, 0.2) is 0 Å². The van der Waals surface area contributed by atoms with Gasteiger partial charge in [-0.2, -0.15) is 0 Å². The first-order valence-electron chi connectivity index (χ1n) is 23.3. The van der Waals surface area contributed by atoms with E-state index in [1.54, 1.807) is 0 Å². The number of carbonyl (C=O) groups is 6. The van der Waals surface area contributed by atoms with E-state index in [2.05, 4.69) is 36.3 Å². The molecule has 12 heteroatoms. The fourth-order valence-electron chi connectivity index (χ4n) is 7.03. The number of nitrogens with one attached hydrogen (secondary N) is 2. The lowest BCUT2D eigenvalue weighted by molar-refractivity contribution is -0.159. The van der Waals surface area contributed by atoms with Gasteiger partial charge in [0.2, 0.25) is 11.8 Å². The molecule has 2 amide bonds. The van der Waals surface area contributed by atoms with E-state index in [1.807, 2.05) is 0 Å². The highest BCUT2D eigenvalue weighted by atomic mass is 16.6. The van der Waals surface area contributed by atoms with Crippen molar-refractivity contribution in [1.29, 1.82) is 0 Å². The maximum atomic E-state index is 13.0. The molecular weight excluding hydrogens is 765 g/mol. The Morgan fingerprint density at radius 2 is 0.833 bits per heavy atom. The number of ether oxygens (including phenoxy) is 4. The summed E-state index contributed by atoms with van der Waals surface area (Å²) in [7, 11) is 0. The fourth-order valence-corrected chi connectivity index (χ4v) is 7.03. The Hall–Kier alpha value is -4.06. The van der Waals surface area contributed by atoms with Crippen molar-refractivity contribution in [2.75, 3.05) is 13.2 Å². The maximum absolute atomic E-state index is 13.0. The Balaban J connectivity index is 2.54. The van der Waals surface area contributed by atoms with Crippen LogP contribution in [-0.4, -0.2) is 73.2 Å². The maximum Gasteiger partial charge on any atom is 0.328 e. The van der Waals surface area contributed by atoms with Crippen molar-refractivity contribution in [1.82, 2.24) is 10.6 Å². The van der Waals surface area contributed by atoms with Gasteiger partial charge in [-0.15, -0.1) is 24.7 Å². The molecule has 0 bridgehead atoms. The molecule has 0 heterocycles. The second-order valence-electron chi connectivity index (χ2n) is 16.1. The topological polar surface area (TPSA) is 163 Å². The largest absolute Gasteiger partial charge is 0.464 e. The van der Waals surface area contributed by atoms with Crippen molar-refractivity contribution in [2.24, 2.45) is 0 Å². The van der Waals surface area contributed by atoms with Crippen LogP contribution in [0.3, 0.4) is 0 Å². The van der Waals surface area contributed by atoms with Crippen LogP contribution >= 0.6 is 0 Å². The summed E-state index contributed by atoms with van der Waals surface area (Å²) in [5.74, 6) is 2.23. The van der Waals surface area contributed by atoms with Crippen LogP contribution in [0.2, 0.25) is 0 Å². The molecule has 1 saturated carbocycles. The third-order valence-corrected chi connectivity index (χ3v) is 10.7. The third kappa shape index (κ3) is 29.2. The molecule has 0 aliphatic heterocycles. The highest BCUT2D eigenvalue weighted by Crippen LogP contribution is 2.25. The minimum absolute atomic E-state index is 0.0437. The van der Waals surface area contributed by atoms with Crippen LogP contribution < -0.4 is 10.6 Å². The summed E-state index contributed by atoms with van der Waals surface area (Å²) in [5, 5.41) is 5.43. The lowest BCUT2D eigenvalue weighted by Gasteiger charge is -2.28. The second-order valence-corrected chi connectivity index (χ2v) is 16.1. The van der Waals surface area contributed by atoms with Crippen LogP contribution in [0.5, 0.6) is 0 Å². The molecule has 12 nitrogen and oxygen atoms in total. The van der Waals surface area contributed by atoms with Gasteiger partial charge in [0.15, 0.2) is 0 Å². The molecule has 2 N–H and O–H groups in total. The molecule has 1 aliphatic rings. The number of rotatable bonds is 36. The second kappa shape index (κ2) is 36.8. The third-order valence-electron chi connectivity index (χ3n) is 10.7. The molecule has 340 valence electrons. The molecule has 0 aromatic rings. The van der Waals surface area contributed by atoms with Gasteiger partial charge in [-0.25, -0.2) is 9.59 Å². The van der Waals surface area contributed by atoms with Gasteiger partial charge in [0, 0.05) is 38.5 Å². The Morgan fingerprint density at radius 3 is 1.17 bits per heavy atom. The Morgan fingerprint density at radius 1 is 0.500 bits per heavy atom. The number of unbranched alkanes of at least 4 members (excludes halogenated alkanes) is 16. The standard InChI is InChI=1S/C48H78N2O10/c1-5-9-13-15-17-19-21-25-37-57-47(55)41(49-43(51)27-23-11-7-3)33-35-45(53)59-39-29-31-40(32-30-39)60-46(54)36-34-42(50-44(52)28-24-12-8-4)48(56)58-38-26-22-20-18-16-14-10-6-2/h3-4,39-42H,5-6,9-38H2,1-2H3,(H,49,51)(H,50,52)/t39?,40?,41-,42-/m0/s1. The predicted molar refractivity (Wildman–Crippen MR) is 233 cm³/mol. The molecule has 0 saturated heterocycles. The van der Waals surface area contributed by atoms with Gasteiger partial charge < -0.3 is 29.6 Å². The van der Waals surface area contributed by atoms with Gasteiger partial charge in [-0.1, -0.05) is 104 Å². The summed E-state index contributed by atoms with van der Waals surface area (Å²) in [6, 6.07) is -1.95. The van der Waals surface area contributed by atoms with Crippen molar-refractivity contribution >= 4 is 35.7 Å². The van der Waals surface area contributed by atoms with E-state index in [0.29, 0.717) is 51.4 Å². The summed E-state index contributed by atoms with van der Waals surface area (Å²) in [6.07, 6.45) is 31.7. The Bertz CT molecular complexity index is 1200. The SMILES string of the molecule is C#CCCCC(=O)N[C@@H](CCC(=O)OC1CCC(OC(=O)CC[C@H](NC(=O)CCCC#C)C(=O)OCCCCCCCCCC)CC1)C(=O)OCCCCCCCCCC. The summed E-state index contributed by atoms with van der Waals surface area (Å²) < 4.78 is 22.4. The highest BCUT2D eigenvalue weighted by Gasteiger charge is 2.29. The van der Waals surface area contributed by atoms with E-state index < -0.39 is 36.0 Å². The Kier molecular flexibility index (Phi) is 33.1. The smallest absolute Gasteiger partial charge is 0.328 e. The average molecular weight is 843 g/mol. The molecule has 1 fully saturated rings. The monoisotopic (exact) mass is 843 g/mol. The fraction of sp³-hybridized carbons (Fsp3) is 0.792. The van der Waals surface area contributed by atoms with E-state index in [0.717, 1.165) is 51.4 Å². The van der Waals surface area contributed by atoms with Gasteiger partial charge in [-0.3, -0.25) is 19.2 Å². The van der Waals surface area contributed by atoms with Crippen LogP contribution in [-0.2, 0) is 47.7 Å². The minimum Gasteiger partial charge on any atom is -0.464 e. The molecule has 0 aromatic heterocycles. The summed E-state index contributed by atoms with van der Waals surface area (Å²) >= 11 is 0. The van der Waals surface area contributed by atoms with E-state index in [-0.39, 0.29) is 75.8 Å². The summed E-state index contributed by atoms with van der Waals surface area (Å²) in [4.78, 5) is 76.7. The van der Waals surface area contributed by atoms with Gasteiger partial charge >= 0.3 is 23.9 Å². The molecule has 60 heavy (non-hydrogen) atoms. The van der Waals surface area contributed by atoms with Crippen molar-refractivity contribution in [3.8, 4) is 24.7 Å². The predicted octanol–water partition coefficient (Wildman–Crippen LogP) is 8.89. The molecule has 0 aromatic carbocycles. The molecular formula is C48H78N2O10. The highest BCUT2D eigenvalue weighted by molar-refractivity contribution is 5.85. The zero-order valence-corrected chi connectivity index (χ0v) is 37.2. The molecule has 1 rings (SSSR count). The normalized spacial score (nSPS) is 15.7. The van der Waals surface area contributed by atoms with Crippen LogP contribution in [0.1, 0.15) is 206 Å². The van der Waals surface area contributed by atoms with Crippen molar-refractivity contribution in [3.05, 3.63) is 0 Å². The van der Waals surface area contributed by atoms with Crippen molar-refractivity contribution in [3.63, 3.8) is 0 Å². The first-order chi connectivity index (χ1) is 29.1. The van der Waals surface area contributed by atoms with Gasteiger partial charge in [0.25, 0.3) is 0 Å². The number of esters is 4. The van der Waals surface area contributed by atoms with Crippen LogP contribution in [0.25, 0.3) is 0 Å². The lowest BCUT2D eigenvalue weighted by Crippen LogP contribution is -2.42. The van der Waals surface area contributed by atoms with Gasteiger partial charge in [-0.05, 0) is 64.2 Å². The molecule has 2 atom stereocenters. The minimum atomic E-state index is -0.974. The van der Waals surface area contributed by atoms with Crippen LogP contribution in [0.4, 0.5) is 0 Å². The molecule has 0 spiro atoms. The Labute approximate surface area is 361 Å². The zero-order chi connectivity index (χ0) is 44.1. The molecule has 1 aliphatic carbocycles. The van der Waals surface area contributed by atoms with Gasteiger partial charge in [0.1, 0.15) is 24.3 Å². The zero-order valence-electron chi connectivity index (χ0n) is 37.2. The van der Waals surface area contributed by atoms with Crippen molar-refractivity contribution < 1.29 is 47.7 Å². The van der Waals surface area contributed by atoms with E-state index in [9.17, 15) is 28.8 Å². The quantitative estimate of drug-likeness (QED) is 0.0270. The van der Waals surface area contributed by atoms with Crippen molar-refractivity contribution in [2.45, 2.75) is 231 Å². The number of hydrogen-bond acceptors (Lipinski definition) is 10. The molecule has 0 unspecified atom stereocenters. The first kappa shape index (κ1) is 54.0. The molecule has 0 radical (unpaired) electrons. The van der Waals surface area contributed by atoms with E-state index in [1.165, 1.54) is 51.4 Å². The summed E-state index contributed by atoms with van der Waals surface area (Å²) in [6.45, 7) is 4.89. The number of terminal acetylenes is 2. The van der Waals surface area contributed by atoms with E-state index >= 15 is 0 Å². The lowest BCUT2D eigenvalue weighted by atomic mass is 9.95.